The number of allylic oxidation sites excluding steroid dienone is 1. The predicted molar refractivity (Wildman–Crippen MR) is 136 cm³/mol. The molecule has 0 aromatic carbocycles. The van der Waals surface area contributed by atoms with Crippen LogP contribution in [0.2, 0.25) is 0 Å². The summed E-state index contributed by atoms with van der Waals surface area (Å²) in [5.74, 6) is -0.973. The lowest BCUT2D eigenvalue weighted by atomic mass is 9.76. The first kappa shape index (κ1) is 26.7. The molecule has 35 heavy (non-hydrogen) atoms. The molecule has 0 N–H and O–H groups in total. The minimum Gasteiger partial charge on any atom is -0.467 e. The second-order valence-corrected chi connectivity index (χ2v) is 10.7. The van der Waals surface area contributed by atoms with E-state index in [1.165, 1.54) is 14.2 Å². The number of fused-ring (bicyclic) bond motifs is 1. The van der Waals surface area contributed by atoms with Crippen LogP contribution in [0, 0.1) is 12.3 Å². The molecule has 1 aliphatic rings. The number of hydrogen-bond donors (Lipinski definition) is 0. The summed E-state index contributed by atoms with van der Waals surface area (Å²) in [6.45, 7) is 15.5. The predicted octanol–water partition coefficient (Wildman–Crippen LogP) is 5.03. The Morgan fingerprint density at radius 1 is 1.23 bits per heavy atom. The van der Waals surface area contributed by atoms with Gasteiger partial charge in [-0.05, 0) is 64.4 Å². The topological polar surface area (TPSA) is 82.4 Å². The zero-order valence-electron chi connectivity index (χ0n) is 22.1. The van der Waals surface area contributed by atoms with Crippen molar-refractivity contribution in [2.75, 3.05) is 32.2 Å². The van der Waals surface area contributed by atoms with Crippen LogP contribution in [0.25, 0.3) is 5.52 Å². The standard InChI is InChI=1S/C27H39N3O5/c1-9-10-11-27(6)12-14-29(15-13-27)22-20-16-19(24(31)33-7)28-30(20)17-18(2)21(22)23(25(32)34-8)35-26(3,4)5/h9,16-17,23H,1,10-15H2,2-8H3/t23-/m0/s1. The molecule has 3 heterocycles. The maximum atomic E-state index is 13.0. The van der Waals surface area contributed by atoms with Gasteiger partial charge >= 0.3 is 11.9 Å². The molecule has 0 unspecified atom stereocenters. The third-order valence-corrected chi connectivity index (χ3v) is 6.76. The van der Waals surface area contributed by atoms with Crippen LogP contribution in [0.4, 0.5) is 5.69 Å². The summed E-state index contributed by atoms with van der Waals surface area (Å²) in [7, 11) is 2.71. The molecule has 8 nitrogen and oxygen atoms in total. The SMILES string of the molecule is C=CCCC1(C)CCN(c2c([C@H](OC(C)(C)C)C(=O)OC)c(C)cn3nc(C(=O)OC)cc23)CC1. The van der Waals surface area contributed by atoms with Gasteiger partial charge in [0.05, 0.1) is 31.0 Å². The zero-order valence-corrected chi connectivity index (χ0v) is 22.1. The van der Waals surface area contributed by atoms with Crippen LogP contribution in [-0.2, 0) is 19.0 Å². The van der Waals surface area contributed by atoms with E-state index in [2.05, 4.69) is 23.5 Å². The van der Waals surface area contributed by atoms with Crippen molar-refractivity contribution in [3.05, 3.63) is 41.7 Å². The number of methoxy groups -OCH3 is 2. The van der Waals surface area contributed by atoms with Gasteiger partial charge in [-0.15, -0.1) is 6.58 Å². The Morgan fingerprint density at radius 2 is 1.89 bits per heavy atom. The number of carbonyl (C=O) groups excluding carboxylic acids is 2. The molecule has 0 radical (unpaired) electrons. The zero-order chi connectivity index (χ0) is 26.0. The monoisotopic (exact) mass is 485 g/mol. The molecule has 8 heteroatoms. The normalized spacial score (nSPS) is 16.7. The highest BCUT2D eigenvalue weighted by atomic mass is 16.6. The Morgan fingerprint density at radius 3 is 2.43 bits per heavy atom. The summed E-state index contributed by atoms with van der Waals surface area (Å²) < 4.78 is 18.0. The van der Waals surface area contributed by atoms with Crippen LogP contribution in [-0.4, -0.2) is 54.5 Å². The van der Waals surface area contributed by atoms with E-state index in [9.17, 15) is 9.59 Å². The Kier molecular flexibility index (Phi) is 7.94. The van der Waals surface area contributed by atoms with Gasteiger partial charge in [0.2, 0.25) is 0 Å². The van der Waals surface area contributed by atoms with Gasteiger partial charge in [0, 0.05) is 30.9 Å². The van der Waals surface area contributed by atoms with Gasteiger partial charge in [-0.2, -0.15) is 5.10 Å². The lowest BCUT2D eigenvalue weighted by Crippen LogP contribution is -2.40. The molecule has 1 saturated heterocycles. The van der Waals surface area contributed by atoms with Gasteiger partial charge in [-0.1, -0.05) is 13.0 Å². The highest BCUT2D eigenvalue weighted by Crippen LogP contribution is 2.43. The van der Waals surface area contributed by atoms with Crippen LogP contribution < -0.4 is 4.90 Å². The second-order valence-electron chi connectivity index (χ2n) is 10.7. The summed E-state index contributed by atoms with van der Waals surface area (Å²) in [5.41, 5.74) is 3.00. The van der Waals surface area contributed by atoms with Crippen LogP contribution in [0.3, 0.4) is 0 Å². The number of rotatable bonds is 8. The number of piperidine rings is 1. The Bertz CT molecular complexity index is 1090. The van der Waals surface area contributed by atoms with Crippen molar-refractivity contribution in [2.24, 2.45) is 5.41 Å². The van der Waals surface area contributed by atoms with Gasteiger partial charge in [-0.3, -0.25) is 0 Å². The van der Waals surface area contributed by atoms with Crippen molar-refractivity contribution in [3.8, 4) is 0 Å². The second kappa shape index (κ2) is 10.4. The molecule has 3 rings (SSSR count). The van der Waals surface area contributed by atoms with Gasteiger partial charge in [0.25, 0.3) is 0 Å². The fraction of sp³-hybridized carbons (Fsp3) is 0.593. The van der Waals surface area contributed by atoms with Crippen LogP contribution >= 0.6 is 0 Å². The number of hydrogen-bond acceptors (Lipinski definition) is 7. The highest BCUT2D eigenvalue weighted by molar-refractivity contribution is 5.92. The van der Waals surface area contributed by atoms with E-state index in [4.69, 9.17) is 14.2 Å². The van der Waals surface area contributed by atoms with Gasteiger partial charge in [-0.25, -0.2) is 14.1 Å². The van der Waals surface area contributed by atoms with E-state index in [1.807, 2.05) is 40.0 Å². The quantitative estimate of drug-likeness (QED) is 0.383. The first-order valence-corrected chi connectivity index (χ1v) is 12.2. The number of nitrogens with zero attached hydrogens (tertiary/aromatic N) is 3. The molecule has 0 saturated carbocycles. The number of ether oxygens (including phenoxy) is 3. The number of aromatic nitrogens is 2. The van der Waals surface area contributed by atoms with E-state index >= 15 is 0 Å². The van der Waals surface area contributed by atoms with E-state index in [0.29, 0.717) is 0 Å². The van der Waals surface area contributed by atoms with Crippen molar-refractivity contribution in [2.45, 2.75) is 72.0 Å². The van der Waals surface area contributed by atoms with Gasteiger partial charge in [0.1, 0.15) is 0 Å². The minimum atomic E-state index is -0.925. The molecule has 1 aliphatic heterocycles. The summed E-state index contributed by atoms with van der Waals surface area (Å²) in [4.78, 5) is 27.6. The van der Waals surface area contributed by atoms with Gasteiger partial charge in [0.15, 0.2) is 11.8 Å². The number of aryl methyl sites for hydroxylation is 1. The fourth-order valence-corrected chi connectivity index (χ4v) is 4.77. The Hall–Kier alpha value is -2.87. The molecule has 1 atom stereocenters. The van der Waals surface area contributed by atoms with Crippen molar-refractivity contribution in [3.63, 3.8) is 0 Å². The molecule has 1 fully saturated rings. The lowest BCUT2D eigenvalue weighted by molar-refractivity contribution is -0.164. The number of anilines is 1. The van der Waals surface area contributed by atoms with Crippen LogP contribution in [0.1, 0.15) is 81.1 Å². The first-order chi connectivity index (χ1) is 16.4. The van der Waals surface area contributed by atoms with E-state index in [-0.39, 0.29) is 11.1 Å². The molecule has 2 aromatic rings. The average Bonchev–Trinajstić information content (AvgIpc) is 3.23. The van der Waals surface area contributed by atoms with Crippen LogP contribution in [0.15, 0.2) is 24.9 Å². The average molecular weight is 486 g/mol. The molecular formula is C27H39N3O5. The largest absolute Gasteiger partial charge is 0.467 e. The van der Waals surface area contributed by atoms with Gasteiger partial charge < -0.3 is 19.1 Å². The summed E-state index contributed by atoms with van der Waals surface area (Å²) in [5, 5.41) is 4.46. The summed E-state index contributed by atoms with van der Waals surface area (Å²) in [6.07, 6.45) is 6.96. The highest BCUT2D eigenvalue weighted by Gasteiger charge is 2.37. The van der Waals surface area contributed by atoms with Crippen LogP contribution in [0.5, 0.6) is 0 Å². The maximum absolute atomic E-state index is 13.0. The molecule has 0 aliphatic carbocycles. The van der Waals surface area contributed by atoms with E-state index in [0.717, 1.165) is 61.1 Å². The smallest absolute Gasteiger partial charge is 0.358 e. The molecule has 0 bridgehead atoms. The molecule has 2 aromatic heterocycles. The molecule has 0 spiro atoms. The van der Waals surface area contributed by atoms with Crippen molar-refractivity contribution < 1.29 is 23.8 Å². The first-order valence-electron chi connectivity index (χ1n) is 12.2. The maximum Gasteiger partial charge on any atom is 0.358 e. The third kappa shape index (κ3) is 5.86. The molecular weight excluding hydrogens is 446 g/mol. The lowest BCUT2D eigenvalue weighted by Gasteiger charge is -2.42. The van der Waals surface area contributed by atoms with Crippen molar-refractivity contribution in [1.29, 1.82) is 0 Å². The van der Waals surface area contributed by atoms with Crippen molar-refractivity contribution >= 4 is 23.1 Å². The Balaban J connectivity index is 2.18. The molecule has 0 amide bonds. The number of pyridine rings is 1. The fourth-order valence-electron chi connectivity index (χ4n) is 4.77. The summed E-state index contributed by atoms with van der Waals surface area (Å²) >= 11 is 0. The third-order valence-electron chi connectivity index (χ3n) is 6.76. The van der Waals surface area contributed by atoms with E-state index in [1.54, 1.807) is 10.6 Å². The van der Waals surface area contributed by atoms with Crippen molar-refractivity contribution in [1.82, 2.24) is 9.61 Å². The molecule has 192 valence electrons. The Labute approximate surface area is 208 Å². The van der Waals surface area contributed by atoms with E-state index < -0.39 is 23.6 Å². The number of carbonyl (C=O) groups is 2. The minimum absolute atomic E-state index is 0.212. The number of esters is 2. The summed E-state index contributed by atoms with van der Waals surface area (Å²) in [6, 6.07) is 1.72.